The molecule has 22 heavy (non-hydrogen) atoms. The largest absolute Gasteiger partial charge is 0.478 e. The number of aliphatic hydroxyl groups is 1. The third kappa shape index (κ3) is 2.74. The Labute approximate surface area is 130 Å². The molecule has 0 atom stereocenters. The number of aromatic nitrogens is 1. The molecular weight excluding hydrogens is 280 g/mol. The van der Waals surface area contributed by atoms with Crippen molar-refractivity contribution in [2.24, 2.45) is 5.73 Å². The highest BCUT2D eigenvalue weighted by Crippen LogP contribution is 2.32. The number of nitrogens with two attached hydrogens (primary N) is 1. The highest BCUT2D eigenvalue weighted by molar-refractivity contribution is 6.04. The van der Waals surface area contributed by atoms with Crippen LogP contribution in [0.15, 0.2) is 12.1 Å². The number of carbonyl (C=O) groups is 1. The lowest BCUT2D eigenvalue weighted by atomic mass is 9.96. The van der Waals surface area contributed by atoms with Gasteiger partial charge in [-0.3, -0.25) is 0 Å². The van der Waals surface area contributed by atoms with Crippen LogP contribution in [0.25, 0.3) is 10.9 Å². The van der Waals surface area contributed by atoms with Gasteiger partial charge in [0, 0.05) is 17.6 Å². The molecule has 1 heterocycles. The van der Waals surface area contributed by atoms with Gasteiger partial charge >= 0.3 is 5.97 Å². The van der Waals surface area contributed by atoms with Crippen LogP contribution in [0.4, 0.5) is 0 Å². The lowest BCUT2D eigenvalue weighted by Crippen LogP contribution is -2.09. The van der Waals surface area contributed by atoms with Crippen molar-refractivity contribution in [2.45, 2.75) is 39.7 Å². The minimum atomic E-state index is -0.941. The summed E-state index contributed by atoms with van der Waals surface area (Å²) in [4.78, 5) is 11.7. The fraction of sp³-hybridized carbons (Fsp3) is 0.471. The van der Waals surface area contributed by atoms with Crippen LogP contribution in [0.5, 0.6) is 0 Å². The van der Waals surface area contributed by atoms with E-state index in [0.29, 0.717) is 30.6 Å². The zero-order valence-corrected chi connectivity index (χ0v) is 13.4. The number of hydrogen-bond donors (Lipinski definition) is 3. The Morgan fingerprint density at radius 1 is 1.36 bits per heavy atom. The number of nitrogens with zero attached hydrogens (tertiary/aromatic N) is 1. The van der Waals surface area contributed by atoms with E-state index < -0.39 is 5.97 Å². The summed E-state index contributed by atoms with van der Waals surface area (Å²) in [6, 6.07) is 3.81. The van der Waals surface area contributed by atoms with Crippen molar-refractivity contribution in [2.75, 3.05) is 13.2 Å². The van der Waals surface area contributed by atoms with Crippen molar-refractivity contribution >= 4 is 16.9 Å². The van der Waals surface area contributed by atoms with Crippen molar-refractivity contribution in [1.29, 1.82) is 0 Å². The van der Waals surface area contributed by atoms with Gasteiger partial charge in [-0.1, -0.05) is 13.8 Å². The monoisotopic (exact) mass is 304 g/mol. The summed E-state index contributed by atoms with van der Waals surface area (Å²) < 4.78 is 1.90. The molecule has 0 aliphatic rings. The van der Waals surface area contributed by atoms with E-state index in [1.54, 1.807) is 6.07 Å². The lowest BCUT2D eigenvalue weighted by molar-refractivity contribution is 0.0698. The van der Waals surface area contributed by atoms with Crippen LogP contribution >= 0.6 is 0 Å². The second kappa shape index (κ2) is 6.50. The standard InChI is InChI=1S/C17H24N2O3/c1-10(2)12-8-14-13(4-5-18)11(3)19(6-7-20)16(14)15(9-12)17(21)22/h8-10,20H,4-7,18H2,1-3H3,(H,21,22). The summed E-state index contributed by atoms with van der Waals surface area (Å²) in [7, 11) is 0. The van der Waals surface area contributed by atoms with Crippen LogP contribution in [0.2, 0.25) is 0 Å². The molecule has 0 spiro atoms. The average Bonchev–Trinajstić information content (AvgIpc) is 2.72. The van der Waals surface area contributed by atoms with Gasteiger partial charge in [-0.25, -0.2) is 4.79 Å². The van der Waals surface area contributed by atoms with Gasteiger partial charge in [0.15, 0.2) is 0 Å². The van der Waals surface area contributed by atoms with E-state index in [-0.39, 0.29) is 12.5 Å². The van der Waals surface area contributed by atoms with Crippen LogP contribution in [0.1, 0.15) is 46.9 Å². The zero-order valence-electron chi connectivity index (χ0n) is 13.4. The molecule has 0 aliphatic heterocycles. The van der Waals surface area contributed by atoms with Crippen LogP contribution in [0.3, 0.4) is 0 Å². The molecule has 0 radical (unpaired) electrons. The fourth-order valence-corrected chi connectivity index (χ4v) is 3.04. The van der Waals surface area contributed by atoms with Crippen molar-refractivity contribution in [3.8, 4) is 0 Å². The Morgan fingerprint density at radius 2 is 2.05 bits per heavy atom. The number of benzene rings is 1. The first kappa shape index (κ1) is 16.5. The predicted octanol–water partition coefficient (Wildman–Crippen LogP) is 2.26. The van der Waals surface area contributed by atoms with Crippen molar-refractivity contribution < 1.29 is 15.0 Å². The van der Waals surface area contributed by atoms with E-state index in [0.717, 1.165) is 22.2 Å². The molecule has 0 aliphatic carbocycles. The van der Waals surface area contributed by atoms with E-state index in [9.17, 15) is 15.0 Å². The number of carboxylic acids is 1. The number of aliphatic hydroxyl groups excluding tert-OH is 1. The molecule has 1 aromatic carbocycles. The molecule has 0 unspecified atom stereocenters. The Morgan fingerprint density at radius 3 is 2.55 bits per heavy atom. The van der Waals surface area contributed by atoms with Crippen LogP contribution in [-0.4, -0.2) is 33.9 Å². The first-order valence-corrected chi connectivity index (χ1v) is 7.62. The van der Waals surface area contributed by atoms with E-state index in [1.807, 2.05) is 25.3 Å². The summed E-state index contributed by atoms with van der Waals surface area (Å²) in [5.41, 5.74) is 9.77. The molecule has 2 rings (SSSR count). The topological polar surface area (TPSA) is 88.5 Å². The van der Waals surface area contributed by atoms with Gasteiger partial charge in [-0.15, -0.1) is 0 Å². The van der Waals surface area contributed by atoms with Gasteiger partial charge in [0.2, 0.25) is 0 Å². The van der Waals surface area contributed by atoms with Crippen LogP contribution in [0, 0.1) is 6.92 Å². The molecule has 5 nitrogen and oxygen atoms in total. The number of aromatic carboxylic acids is 1. The molecule has 5 heteroatoms. The summed E-state index contributed by atoms with van der Waals surface area (Å²) in [6.07, 6.45) is 0.696. The summed E-state index contributed by atoms with van der Waals surface area (Å²) in [6.45, 7) is 6.92. The first-order chi connectivity index (χ1) is 10.4. The number of carboxylic acid groups (broad SMARTS) is 1. The van der Waals surface area contributed by atoms with E-state index in [4.69, 9.17) is 5.73 Å². The van der Waals surface area contributed by atoms with Gasteiger partial charge in [-0.05, 0) is 49.1 Å². The predicted molar refractivity (Wildman–Crippen MR) is 87.6 cm³/mol. The fourth-order valence-electron chi connectivity index (χ4n) is 3.04. The molecule has 0 fully saturated rings. The Hall–Kier alpha value is -1.85. The highest BCUT2D eigenvalue weighted by atomic mass is 16.4. The molecular formula is C17H24N2O3. The SMILES string of the molecule is Cc1c(CCN)c2cc(C(C)C)cc(C(=O)O)c2n1CCO. The van der Waals surface area contributed by atoms with Crippen LogP contribution in [-0.2, 0) is 13.0 Å². The minimum absolute atomic E-state index is 0.0301. The van der Waals surface area contributed by atoms with E-state index in [2.05, 4.69) is 6.07 Å². The summed E-state index contributed by atoms with van der Waals surface area (Å²) in [5, 5.41) is 19.9. The van der Waals surface area contributed by atoms with Gasteiger partial charge in [0.1, 0.15) is 0 Å². The van der Waals surface area contributed by atoms with Gasteiger partial charge in [0.05, 0.1) is 17.7 Å². The van der Waals surface area contributed by atoms with E-state index in [1.165, 1.54) is 0 Å². The molecule has 4 N–H and O–H groups in total. The highest BCUT2D eigenvalue weighted by Gasteiger charge is 2.21. The third-order valence-corrected chi connectivity index (χ3v) is 4.18. The Kier molecular flexibility index (Phi) is 4.88. The Bertz CT molecular complexity index is 702. The lowest BCUT2D eigenvalue weighted by Gasteiger charge is -2.11. The second-order valence-electron chi connectivity index (χ2n) is 5.90. The smallest absolute Gasteiger partial charge is 0.337 e. The minimum Gasteiger partial charge on any atom is -0.478 e. The molecule has 0 bridgehead atoms. The number of fused-ring (bicyclic) bond motifs is 1. The van der Waals surface area contributed by atoms with E-state index >= 15 is 0 Å². The number of hydrogen-bond acceptors (Lipinski definition) is 3. The normalized spacial score (nSPS) is 11.5. The molecule has 1 aromatic heterocycles. The zero-order chi connectivity index (χ0) is 16.4. The first-order valence-electron chi connectivity index (χ1n) is 7.62. The maximum absolute atomic E-state index is 11.7. The molecule has 0 amide bonds. The van der Waals surface area contributed by atoms with Crippen molar-refractivity contribution in [3.05, 3.63) is 34.5 Å². The van der Waals surface area contributed by atoms with Crippen molar-refractivity contribution in [1.82, 2.24) is 4.57 Å². The second-order valence-corrected chi connectivity index (χ2v) is 5.90. The maximum Gasteiger partial charge on any atom is 0.337 e. The Balaban J connectivity index is 2.90. The quantitative estimate of drug-likeness (QED) is 0.764. The van der Waals surface area contributed by atoms with Crippen molar-refractivity contribution in [3.63, 3.8) is 0 Å². The van der Waals surface area contributed by atoms with Gasteiger partial charge in [0.25, 0.3) is 0 Å². The molecule has 120 valence electrons. The van der Waals surface area contributed by atoms with Crippen LogP contribution < -0.4 is 5.73 Å². The summed E-state index contributed by atoms with van der Waals surface area (Å²) in [5.74, 6) is -0.696. The maximum atomic E-state index is 11.7. The third-order valence-electron chi connectivity index (χ3n) is 4.18. The average molecular weight is 304 g/mol. The molecule has 0 saturated carbocycles. The summed E-state index contributed by atoms with van der Waals surface area (Å²) >= 11 is 0. The van der Waals surface area contributed by atoms with Gasteiger partial charge < -0.3 is 20.5 Å². The molecule has 2 aromatic rings. The molecule has 0 saturated heterocycles. The van der Waals surface area contributed by atoms with Gasteiger partial charge in [-0.2, -0.15) is 0 Å². The number of rotatable bonds is 6.